The normalized spacial score (nSPS) is 11.7. The second-order valence-electron chi connectivity index (χ2n) is 10.9. The molecule has 0 bridgehead atoms. The molecule has 0 saturated carbocycles. The molecule has 9 nitrogen and oxygen atoms in total. The van der Waals surface area contributed by atoms with Crippen LogP contribution in [-0.4, -0.2) is 49.8 Å². The van der Waals surface area contributed by atoms with E-state index in [1.807, 2.05) is 0 Å². The summed E-state index contributed by atoms with van der Waals surface area (Å²) in [5.41, 5.74) is 13.3. The van der Waals surface area contributed by atoms with Crippen LogP contribution in [0.2, 0.25) is 0 Å². The van der Waals surface area contributed by atoms with E-state index in [1.165, 1.54) is 54.6 Å². The number of carbonyl (C=O) groups excluding carboxylic acids is 3. The van der Waals surface area contributed by atoms with Crippen LogP contribution in [0.5, 0.6) is 11.5 Å². The highest BCUT2D eigenvalue weighted by molar-refractivity contribution is 5.92. The molecule has 0 radical (unpaired) electrons. The van der Waals surface area contributed by atoms with Crippen molar-refractivity contribution in [3.8, 4) is 11.5 Å². The summed E-state index contributed by atoms with van der Waals surface area (Å²) < 4.78 is 83.5. The van der Waals surface area contributed by atoms with Crippen molar-refractivity contribution in [3.63, 3.8) is 0 Å². The van der Waals surface area contributed by atoms with Crippen molar-refractivity contribution < 1.29 is 55.3 Å². The predicted molar refractivity (Wildman–Crippen MR) is 172 cm³/mol. The molecule has 0 atom stereocenters. The number of carbonyl (C=O) groups is 3. The minimum atomic E-state index is -5.61. The second-order valence-corrected chi connectivity index (χ2v) is 10.9. The van der Waals surface area contributed by atoms with E-state index in [4.69, 9.17) is 30.4 Å². The molecule has 264 valence electrons. The number of esters is 3. The molecule has 0 saturated heterocycles. The standard InChI is InChI=1S/C35H37F5N2O7/c36-34(37,35(38,39)40)17-6-20-46-29-14-10-25(11-15-29)33(45)49-30-12-7-24(8-13-30)9-16-31(43)47-18-4-2-1-3-5-19-48-32(44)26-21-27(41)23-28(42)22-26/h7-16,21-23H,1-6,17-20,41-42H2/b16-9+. The van der Waals surface area contributed by atoms with Crippen LogP contribution in [0, 0.1) is 0 Å². The lowest BCUT2D eigenvalue weighted by Crippen LogP contribution is -2.36. The zero-order valence-electron chi connectivity index (χ0n) is 26.5. The van der Waals surface area contributed by atoms with Crippen LogP contribution < -0.4 is 20.9 Å². The molecule has 0 aliphatic rings. The van der Waals surface area contributed by atoms with Gasteiger partial charge >= 0.3 is 30.0 Å². The number of nitrogen functional groups attached to an aromatic ring is 2. The summed E-state index contributed by atoms with van der Waals surface area (Å²) in [5.74, 6) is -6.02. The number of unbranched alkanes of at least 4 members (excludes halogenated alkanes) is 4. The fourth-order valence-electron chi connectivity index (χ4n) is 4.29. The molecule has 0 aromatic heterocycles. The molecule has 0 amide bonds. The largest absolute Gasteiger partial charge is 0.494 e. The fourth-order valence-corrected chi connectivity index (χ4v) is 4.29. The number of rotatable bonds is 18. The summed E-state index contributed by atoms with van der Waals surface area (Å²) in [4.78, 5) is 36.5. The molecule has 3 rings (SSSR count). The maximum Gasteiger partial charge on any atom is 0.453 e. The second kappa shape index (κ2) is 18.4. The summed E-state index contributed by atoms with van der Waals surface area (Å²) in [6, 6.07) is 16.4. The Hall–Kier alpha value is -5.14. The summed E-state index contributed by atoms with van der Waals surface area (Å²) in [5, 5.41) is 0. The molecule has 14 heteroatoms. The van der Waals surface area contributed by atoms with Gasteiger partial charge in [0, 0.05) is 23.9 Å². The van der Waals surface area contributed by atoms with E-state index in [9.17, 15) is 36.3 Å². The Morgan fingerprint density at radius 2 is 1.20 bits per heavy atom. The van der Waals surface area contributed by atoms with Crippen molar-refractivity contribution in [3.05, 3.63) is 89.5 Å². The quantitative estimate of drug-likeness (QED) is 0.0341. The Labute approximate surface area is 280 Å². The molecule has 0 heterocycles. The lowest BCUT2D eigenvalue weighted by molar-refractivity contribution is -0.284. The molecule has 3 aromatic carbocycles. The van der Waals surface area contributed by atoms with Crippen LogP contribution >= 0.6 is 0 Å². The van der Waals surface area contributed by atoms with E-state index in [0.717, 1.165) is 19.3 Å². The lowest BCUT2D eigenvalue weighted by Gasteiger charge is -2.19. The number of anilines is 2. The fraction of sp³-hybridized carbons (Fsp3) is 0.343. The summed E-state index contributed by atoms with van der Waals surface area (Å²) in [6.45, 7) is 0.180. The number of ether oxygens (including phenoxy) is 4. The van der Waals surface area contributed by atoms with Crippen molar-refractivity contribution in [2.75, 3.05) is 31.3 Å². The minimum Gasteiger partial charge on any atom is -0.494 e. The van der Waals surface area contributed by atoms with E-state index in [1.54, 1.807) is 24.3 Å². The third-order valence-electron chi connectivity index (χ3n) is 6.89. The first-order valence-electron chi connectivity index (χ1n) is 15.4. The maximum absolute atomic E-state index is 13.0. The topological polar surface area (TPSA) is 140 Å². The van der Waals surface area contributed by atoms with Gasteiger partial charge in [0.2, 0.25) is 0 Å². The van der Waals surface area contributed by atoms with Gasteiger partial charge in [-0.3, -0.25) is 0 Å². The number of nitrogens with two attached hydrogens (primary N) is 2. The third kappa shape index (κ3) is 13.5. The monoisotopic (exact) mass is 692 g/mol. The smallest absolute Gasteiger partial charge is 0.453 e. The van der Waals surface area contributed by atoms with Crippen LogP contribution in [0.3, 0.4) is 0 Å². The van der Waals surface area contributed by atoms with Gasteiger partial charge in [0.15, 0.2) is 0 Å². The van der Waals surface area contributed by atoms with Gasteiger partial charge in [-0.25, -0.2) is 14.4 Å². The van der Waals surface area contributed by atoms with Gasteiger partial charge in [0.25, 0.3) is 0 Å². The summed E-state index contributed by atoms with van der Waals surface area (Å²) in [7, 11) is 0. The average molecular weight is 693 g/mol. The number of halogens is 5. The lowest BCUT2D eigenvalue weighted by atomic mass is 10.1. The molecular formula is C35H37F5N2O7. The van der Waals surface area contributed by atoms with Crippen LogP contribution in [0.1, 0.15) is 71.2 Å². The molecule has 0 unspecified atom stereocenters. The molecule has 0 aliphatic carbocycles. The van der Waals surface area contributed by atoms with Crippen molar-refractivity contribution in [2.45, 2.75) is 57.0 Å². The first-order valence-corrected chi connectivity index (χ1v) is 15.4. The van der Waals surface area contributed by atoms with Crippen molar-refractivity contribution in [1.82, 2.24) is 0 Å². The number of hydrogen-bond donors (Lipinski definition) is 2. The first kappa shape index (κ1) is 38.3. The van der Waals surface area contributed by atoms with Gasteiger partial charge in [-0.15, -0.1) is 0 Å². The maximum atomic E-state index is 13.0. The van der Waals surface area contributed by atoms with Gasteiger partial charge in [0.1, 0.15) is 11.5 Å². The van der Waals surface area contributed by atoms with Gasteiger partial charge in [-0.1, -0.05) is 31.4 Å². The van der Waals surface area contributed by atoms with Crippen LogP contribution in [-0.2, 0) is 14.3 Å². The van der Waals surface area contributed by atoms with Crippen LogP contribution in [0.4, 0.5) is 33.3 Å². The third-order valence-corrected chi connectivity index (χ3v) is 6.89. The first-order chi connectivity index (χ1) is 23.2. The molecule has 0 spiro atoms. The van der Waals surface area contributed by atoms with Gasteiger partial charge < -0.3 is 30.4 Å². The highest BCUT2D eigenvalue weighted by atomic mass is 19.4. The van der Waals surface area contributed by atoms with E-state index < -0.39 is 42.8 Å². The molecule has 4 N–H and O–H groups in total. The summed E-state index contributed by atoms with van der Waals surface area (Å²) >= 11 is 0. The van der Waals surface area contributed by atoms with Gasteiger partial charge in [0.05, 0.1) is 30.9 Å². The highest BCUT2D eigenvalue weighted by Crippen LogP contribution is 2.38. The zero-order chi connectivity index (χ0) is 35.9. The van der Waals surface area contributed by atoms with Crippen molar-refractivity contribution >= 4 is 35.4 Å². The number of benzene rings is 3. The number of hydrogen-bond acceptors (Lipinski definition) is 9. The Morgan fingerprint density at radius 1 is 0.633 bits per heavy atom. The minimum absolute atomic E-state index is 0.157. The van der Waals surface area contributed by atoms with Crippen molar-refractivity contribution in [1.29, 1.82) is 0 Å². The SMILES string of the molecule is Nc1cc(N)cc(C(=O)OCCCCCCCOC(=O)/C=C/c2ccc(OC(=O)c3ccc(OCCCC(F)(F)C(F)(F)F)cc3)cc2)c1. The highest BCUT2D eigenvalue weighted by Gasteiger charge is 2.56. The average Bonchev–Trinajstić information content (AvgIpc) is 3.04. The van der Waals surface area contributed by atoms with Gasteiger partial charge in [-0.05, 0) is 85.5 Å². The van der Waals surface area contributed by atoms with Crippen LogP contribution in [0.25, 0.3) is 6.08 Å². The van der Waals surface area contributed by atoms with E-state index in [2.05, 4.69) is 0 Å². The Morgan fingerprint density at radius 3 is 1.82 bits per heavy atom. The Kier molecular flexibility index (Phi) is 14.4. The number of alkyl halides is 5. The molecule has 3 aromatic rings. The molecule has 0 fully saturated rings. The van der Waals surface area contributed by atoms with E-state index in [-0.39, 0.29) is 36.9 Å². The zero-order valence-corrected chi connectivity index (χ0v) is 26.5. The predicted octanol–water partition coefficient (Wildman–Crippen LogP) is 7.79. The molecule has 49 heavy (non-hydrogen) atoms. The summed E-state index contributed by atoms with van der Waals surface area (Å²) in [6.07, 6.45) is -0.725. The molecule has 0 aliphatic heterocycles. The van der Waals surface area contributed by atoms with Gasteiger partial charge in [-0.2, -0.15) is 22.0 Å². The van der Waals surface area contributed by atoms with Crippen molar-refractivity contribution in [2.24, 2.45) is 0 Å². The Balaban J connectivity index is 1.27. The molecular weight excluding hydrogens is 655 g/mol. The van der Waals surface area contributed by atoms with E-state index >= 15 is 0 Å². The van der Waals surface area contributed by atoms with Crippen LogP contribution in [0.15, 0.2) is 72.8 Å². The van der Waals surface area contributed by atoms with E-state index in [0.29, 0.717) is 35.3 Å². The Bertz CT molecular complexity index is 1540.